The van der Waals surface area contributed by atoms with Gasteiger partial charge in [0.15, 0.2) is 0 Å². The van der Waals surface area contributed by atoms with Gasteiger partial charge in [-0.2, -0.15) is 0 Å². The maximum absolute atomic E-state index is 6.23. The minimum atomic E-state index is 0.00692. The van der Waals surface area contributed by atoms with Crippen LogP contribution in [0, 0.1) is 0 Å². The van der Waals surface area contributed by atoms with E-state index in [1.807, 2.05) is 37.3 Å². The highest BCUT2D eigenvalue weighted by molar-refractivity contribution is 7.99. The van der Waals surface area contributed by atoms with Crippen LogP contribution in [0.1, 0.15) is 18.5 Å². The van der Waals surface area contributed by atoms with Crippen molar-refractivity contribution in [2.24, 2.45) is 5.73 Å². The molecule has 0 amide bonds. The van der Waals surface area contributed by atoms with Crippen LogP contribution in [0.25, 0.3) is 0 Å². The quantitative estimate of drug-likeness (QED) is 0.914. The fraction of sp³-hybridized carbons (Fsp3) is 0.154. The lowest BCUT2D eigenvalue weighted by atomic mass is 10.1. The van der Waals surface area contributed by atoms with Gasteiger partial charge in [0.05, 0.1) is 5.02 Å². The molecule has 1 heterocycles. The van der Waals surface area contributed by atoms with Crippen LogP contribution in [0.2, 0.25) is 5.02 Å². The summed E-state index contributed by atoms with van der Waals surface area (Å²) in [4.78, 5) is 6.13. The van der Waals surface area contributed by atoms with Crippen LogP contribution in [-0.4, -0.2) is 4.98 Å². The first-order valence-electron chi connectivity index (χ1n) is 5.30. The molecule has 1 aromatic heterocycles. The second-order valence-corrected chi connectivity index (χ2v) is 5.29. The van der Waals surface area contributed by atoms with Crippen LogP contribution in [0.15, 0.2) is 52.5 Å². The Morgan fingerprint density at radius 3 is 2.53 bits per heavy atom. The Morgan fingerprint density at radius 2 is 1.94 bits per heavy atom. The monoisotopic (exact) mass is 264 g/mol. The number of nitrogens with zero attached hydrogens (tertiary/aromatic N) is 1. The average molecular weight is 265 g/mol. The topological polar surface area (TPSA) is 38.9 Å². The van der Waals surface area contributed by atoms with E-state index in [1.165, 1.54) is 0 Å². The summed E-state index contributed by atoms with van der Waals surface area (Å²) in [5.74, 6) is 0. The molecule has 88 valence electrons. The fourth-order valence-corrected chi connectivity index (χ4v) is 2.53. The maximum Gasteiger partial charge on any atom is 0.0548 e. The molecule has 1 unspecified atom stereocenters. The van der Waals surface area contributed by atoms with E-state index in [2.05, 4.69) is 4.98 Å². The van der Waals surface area contributed by atoms with E-state index in [9.17, 15) is 0 Å². The molecule has 0 radical (unpaired) electrons. The fourth-order valence-electron chi connectivity index (χ4n) is 1.42. The number of nitrogens with two attached hydrogens (primary N) is 1. The lowest BCUT2D eigenvalue weighted by Gasteiger charge is -2.09. The predicted molar refractivity (Wildman–Crippen MR) is 72.4 cm³/mol. The second-order valence-electron chi connectivity index (χ2n) is 3.76. The molecule has 17 heavy (non-hydrogen) atoms. The number of aromatic nitrogens is 1. The highest BCUT2D eigenvalue weighted by Crippen LogP contribution is 2.34. The standard InChI is InChI=1S/C13H13ClN2S/c1-9(15)10-2-3-13(12(14)8-10)17-11-4-6-16-7-5-11/h2-9H,15H2,1H3. The van der Waals surface area contributed by atoms with Crippen molar-refractivity contribution in [2.45, 2.75) is 22.8 Å². The van der Waals surface area contributed by atoms with E-state index in [-0.39, 0.29) is 6.04 Å². The summed E-state index contributed by atoms with van der Waals surface area (Å²) in [6, 6.07) is 9.87. The molecule has 4 heteroatoms. The van der Waals surface area contributed by atoms with Gasteiger partial charge in [0.25, 0.3) is 0 Å². The molecule has 1 aromatic carbocycles. The van der Waals surface area contributed by atoms with Crippen molar-refractivity contribution < 1.29 is 0 Å². The Labute approximate surface area is 110 Å². The summed E-state index contributed by atoms with van der Waals surface area (Å²) in [6.07, 6.45) is 3.54. The molecular weight excluding hydrogens is 252 g/mol. The molecule has 0 fully saturated rings. The van der Waals surface area contributed by atoms with Crippen LogP contribution < -0.4 is 5.73 Å². The van der Waals surface area contributed by atoms with E-state index in [0.29, 0.717) is 0 Å². The predicted octanol–water partition coefficient (Wildman–Crippen LogP) is 3.91. The molecule has 0 aliphatic heterocycles. The Kier molecular flexibility index (Phi) is 4.05. The van der Waals surface area contributed by atoms with Gasteiger partial charge >= 0.3 is 0 Å². The third kappa shape index (κ3) is 3.22. The molecule has 2 rings (SSSR count). The van der Waals surface area contributed by atoms with Gasteiger partial charge < -0.3 is 5.73 Å². The molecular formula is C13H13ClN2S. The molecule has 0 saturated heterocycles. The third-order valence-electron chi connectivity index (χ3n) is 2.36. The summed E-state index contributed by atoms with van der Waals surface area (Å²) in [7, 11) is 0. The summed E-state index contributed by atoms with van der Waals surface area (Å²) < 4.78 is 0. The number of pyridine rings is 1. The lowest BCUT2D eigenvalue weighted by molar-refractivity contribution is 0.817. The summed E-state index contributed by atoms with van der Waals surface area (Å²) in [5, 5.41) is 0.738. The minimum Gasteiger partial charge on any atom is -0.324 e. The van der Waals surface area contributed by atoms with Gasteiger partial charge in [-0.1, -0.05) is 29.4 Å². The summed E-state index contributed by atoms with van der Waals surface area (Å²) in [5.41, 5.74) is 6.86. The van der Waals surface area contributed by atoms with Crippen molar-refractivity contribution in [1.29, 1.82) is 0 Å². The number of hydrogen-bond acceptors (Lipinski definition) is 3. The normalized spacial score (nSPS) is 12.4. The summed E-state index contributed by atoms with van der Waals surface area (Å²) >= 11 is 7.85. The van der Waals surface area contributed by atoms with Crippen LogP contribution in [-0.2, 0) is 0 Å². The highest BCUT2D eigenvalue weighted by Gasteiger charge is 2.06. The van der Waals surface area contributed by atoms with Gasteiger partial charge in [0, 0.05) is 28.2 Å². The number of hydrogen-bond donors (Lipinski definition) is 1. The second kappa shape index (κ2) is 5.54. The highest BCUT2D eigenvalue weighted by atomic mass is 35.5. The van der Waals surface area contributed by atoms with E-state index in [0.717, 1.165) is 20.4 Å². The maximum atomic E-state index is 6.23. The van der Waals surface area contributed by atoms with Crippen LogP contribution in [0.5, 0.6) is 0 Å². The zero-order valence-electron chi connectivity index (χ0n) is 9.43. The SMILES string of the molecule is CC(N)c1ccc(Sc2ccncc2)c(Cl)c1. The molecule has 0 spiro atoms. The van der Waals surface area contributed by atoms with Gasteiger partial charge in [0.1, 0.15) is 0 Å². The van der Waals surface area contributed by atoms with Gasteiger partial charge in [-0.15, -0.1) is 0 Å². The smallest absolute Gasteiger partial charge is 0.0548 e. The average Bonchev–Trinajstić information content (AvgIpc) is 2.33. The molecule has 2 nitrogen and oxygen atoms in total. The first-order valence-corrected chi connectivity index (χ1v) is 6.49. The van der Waals surface area contributed by atoms with Crippen LogP contribution in [0.3, 0.4) is 0 Å². The van der Waals surface area contributed by atoms with Crippen LogP contribution in [0.4, 0.5) is 0 Å². The number of benzene rings is 1. The molecule has 0 aliphatic rings. The van der Waals surface area contributed by atoms with Crippen molar-refractivity contribution in [3.63, 3.8) is 0 Å². The zero-order valence-corrected chi connectivity index (χ0v) is 11.0. The Hall–Kier alpha value is -1.03. The lowest BCUT2D eigenvalue weighted by Crippen LogP contribution is -2.04. The number of halogens is 1. The molecule has 0 bridgehead atoms. The Morgan fingerprint density at radius 1 is 1.24 bits per heavy atom. The van der Waals surface area contributed by atoms with Gasteiger partial charge in [-0.05, 0) is 36.8 Å². The first kappa shape index (κ1) is 12.4. The number of rotatable bonds is 3. The van der Waals surface area contributed by atoms with Crippen molar-refractivity contribution in [1.82, 2.24) is 4.98 Å². The Balaban J connectivity index is 2.23. The van der Waals surface area contributed by atoms with Gasteiger partial charge in [-0.25, -0.2) is 0 Å². The molecule has 0 saturated carbocycles. The van der Waals surface area contributed by atoms with Crippen LogP contribution >= 0.6 is 23.4 Å². The van der Waals surface area contributed by atoms with E-state index < -0.39 is 0 Å². The third-order valence-corrected chi connectivity index (χ3v) is 3.87. The van der Waals surface area contributed by atoms with E-state index in [4.69, 9.17) is 17.3 Å². The minimum absolute atomic E-state index is 0.00692. The molecule has 2 N–H and O–H groups in total. The molecule has 0 aliphatic carbocycles. The summed E-state index contributed by atoms with van der Waals surface area (Å²) in [6.45, 7) is 1.95. The van der Waals surface area contributed by atoms with E-state index >= 15 is 0 Å². The zero-order chi connectivity index (χ0) is 12.3. The van der Waals surface area contributed by atoms with Gasteiger partial charge in [0.2, 0.25) is 0 Å². The first-order chi connectivity index (χ1) is 8.16. The Bertz CT molecular complexity index is 500. The molecule has 1 atom stereocenters. The van der Waals surface area contributed by atoms with Crippen molar-refractivity contribution in [3.8, 4) is 0 Å². The van der Waals surface area contributed by atoms with Crippen molar-refractivity contribution in [2.75, 3.05) is 0 Å². The largest absolute Gasteiger partial charge is 0.324 e. The molecule has 2 aromatic rings. The van der Waals surface area contributed by atoms with Crippen molar-refractivity contribution in [3.05, 3.63) is 53.3 Å². The van der Waals surface area contributed by atoms with E-state index in [1.54, 1.807) is 24.2 Å². The van der Waals surface area contributed by atoms with Gasteiger partial charge in [-0.3, -0.25) is 4.98 Å². The van der Waals surface area contributed by atoms with Crippen molar-refractivity contribution >= 4 is 23.4 Å².